The van der Waals surface area contributed by atoms with Gasteiger partial charge in [0.1, 0.15) is 0 Å². The smallest absolute Gasteiger partial charge is 0.191 e. The number of nitrogens with one attached hydrogen (secondary N) is 2. The number of aliphatic imine (C=N–C) groups is 1. The quantitative estimate of drug-likeness (QED) is 0.437. The minimum absolute atomic E-state index is 0.316. The van der Waals surface area contributed by atoms with Crippen molar-refractivity contribution in [3.63, 3.8) is 0 Å². The van der Waals surface area contributed by atoms with Gasteiger partial charge in [0.15, 0.2) is 5.96 Å². The average molecular weight is 325 g/mol. The van der Waals surface area contributed by atoms with E-state index in [1.54, 1.807) is 7.05 Å². The molecule has 1 aromatic rings. The van der Waals surface area contributed by atoms with Crippen LogP contribution in [0.4, 0.5) is 0 Å². The average Bonchev–Trinajstić information content (AvgIpc) is 3.17. The first-order valence-electron chi connectivity index (χ1n) is 7.97. The monoisotopic (exact) mass is 325 g/mol. The maximum Gasteiger partial charge on any atom is 0.191 e. The molecule has 0 aromatic carbocycles. The van der Waals surface area contributed by atoms with Crippen LogP contribution in [0.2, 0.25) is 0 Å². The molecule has 1 fully saturated rings. The van der Waals surface area contributed by atoms with Crippen LogP contribution >= 0.6 is 11.3 Å². The predicted molar refractivity (Wildman–Crippen MR) is 91.7 cm³/mol. The van der Waals surface area contributed by atoms with E-state index >= 15 is 0 Å². The molecule has 6 heteroatoms. The molecule has 0 bridgehead atoms. The van der Waals surface area contributed by atoms with Crippen LogP contribution in [0.3, 0.4) is 0 Å². The first-order valence-corrected chi connectivity index (χ1v) is 8.79. The van der Waals surface area contributed by atoms with Crippen LogP contribution in [0.15, 0.2) is 17.1 Å². The lowest BCUT2D eigenvalue weighted by Crippen LogP contribution is -2.37. The molecule has 2 heterocycles. The first kappa shape index (κ1) is 17.2. The fraction of sp³-hybridized carbons (Fsp3) is 0.688. The van der Waals surface area contributed by atoms with Crippen molar-refractivity contribution in [3.05, 3.63) is 21.9 Å². The van der Waals surface area contributed by atoms with Gasteiger partial charge < -0.3 is 20.1 Å². The van der Waals surface area contributed by atoms with E-state index in [0.29, 0.717) is 6.10 Å². The zero-order valence-corrected chi connectivity index (χ0v) is 14.4. The van der Waals surface area contributed by atoms with Gasteiger partial charge in [-0.1, -0.05) is 0 Å². The Hall–Kier alpha value is -1.11. The van der Waals surface area contributed by atoms with Crippen molar-refractivity contribution in [3.8, 4) is 0 Å². The normalized spacial score (nSPS) is 18.6. The van der Waals surface area contributed by atoms with E-state index in [1.165, 1.54) is 16.2 Å². The Kier molecular flexibility index (Phi) is 7.70. The van der Waals surface area contributed by atoms with Gasteiger partial charge in [-0.3, -0.25) is 4.99 Å². The van der Waals surface area contributed by atoms with Crippen LogP contribution in [0.5, 0.6) is 0 Å². The number of aryl methyl sites for hydroxylation is 1. The van der Waals surface area contributed by atoms with E-state index in [1.807, 2.05) is 11.3 Å². The number of guanidine groups is 1. The number of nitrogens with zero attached hydrogens (tertiary/aromatic N) is 1. The second-order valence-electron chi connectivity index (χ2n) is 5.43. The van der Waals surface area contributed by atoms with E-state index in [-0.39, 0.29) is 0 Å². The van der Waals surface area contributed by atoms with E-state index in [9.17, 15) is 0 Å². The zero-order chi connectivity index (χ0) is 15.6. The fourth-order valence-corrected chi connectivity index (χ4v) is 3.17. The lowest BCUT2D eigenvalue weighted by molar-refractivity contribution is 0.0168. The van der Waals surface area contributed by atoms with Crippen LogP contribution in [-0.4, -0.2) is 45.5 Å². The third-order valence-corrected chi connectivity index (χ3v) is 4.54. The Morgan fingerprint density at radius 2 is 2.36 bits per heavy atom. The van der Waals surface area contributed by atoms with Gasteiger partial charge in [0, 0.05) is 36.6 Å². The molecule has 0 saturated carbocycles. The van der Waals surface area contributed by atoms with Crippen molar-refractivity contribution >= 4 is 17.3 Å². The summed E-state index contributed by atoms with van der Waals surface area (Å²) in [5.41, 5.74) is 0. The Morgan fingerprint density at radius 3 is 3.05 bits per heavy atom. The van der Waals surface area contributed by atoms with E-state index in [4.69, 9.17) is 9.47 Å². The molecule has 0 spiro atoms. The van der Waals surface area contributed by atoms with Gasteiger partial charge in [-0.2, -0.15) is 0 Å². The predicted octanol–water partition coefficient (Wildman–Crippen LogP) is 2.31. The highest BCUT2D eigenvalue weighted by molar-refractivity contribution is 7.11. The van der Waals surface area contributed by atoms with Crippen molar-refractivity contribution in [2.75, 3.05) is 33.4 Å². The summed E-state index contributed by atoms with van der Waals surface area (Å²) < 4.78 is 11.2. The van der Waals surface area contributed by atoms with Gasteiger partial charge in [-0.25, -0.2) is 0 Å². The summed E-state index contributed by atoms with van der Waals surface area (Å²) in [5.74, 6) is 0.838. The fourth-order valence-electron chi connectivity index (χ4n) is 2.34. The molecular formula is C16H27N3O2S. The molecule has 1 unspecified atom stereocenters. The van der Waals surface area contributed by atoms with Crippen molar-refractivity contribution in [1.29, 1.82) is 0 Å². The summed E-state index contributed by atoms with van der Waals surface area (Å²) in [6.45, 7) is 6.17. The van der Waals surface area contributed by atoms with Crippen molar-refractivity contribution < 1.29 is 9.47 Å². The molecule has 1 saturated heterocycles. The maximum absolute atomic E-state index is 5.64. The van der Waals surface area contributed by atoms with Gasteiger partial charge in [0.2, 0.25) is 0 Å². The first-order chi connectivity index (χ1) is 10.8. The molecule has 2 rings (SSSR count). The summed E-state index contributed by atoms with van der Waals surface area (Å²) in [5, 5.41) is 6.63. The Balaban J connectivity index is 1.50. The molecule has 1 aliphatic heterocycles. The molecule has 2 N–H and O–H groups in total. The van der Waals surface area contributed by atoms with Crippen molar-refractivity contribution in [2.45, 2.75) is 38.8 Å². The van der Waals surface area contributed by atoms with Gasteiger partial charge in [-0.15, -0.1) is 11.3 Å². The second kappa shape index (κ2) is 9.82. The molecule has 1 aliphatic rings. The van der Waals surface area contributed by atoms with Gasteiger partial charge in [0.25, 0.3) is 0 Å². The summed E-state index contributed by atoms with van der Waals surface area (Å²) >= 11 is 1.81. The second-order valence-corrected chi connectivity index (χ2v) is 6.80. The van der Waals surface area contributed by atoms with Crippen LogP contribution in [0, 0.1) is 6.92 Å². The standard InChI is InChI=1S/C16H27N3O2S/c1-13-6-7-15(22-13)11-19-16(17-2)18-8-4-9-20-12-14-5-3-10-21-14/h6-7,14H,3-5,8-12H2,1-2H3,(H2,17,18,19). The molecule has 0 amide bonds. The minimum Gasteiger partial charge on any atom is -0.379 e. The highest BCUT2D eigenvalue weighted by atomic mass is 32.1. The summed E-state index contributed by atoms with van der Waals surface area (Å²) in [6, 6.07) is 4.29. The van der Waals surface area contributed by atoms with Crippen LogP contribution in [-0.2, 0) is 16.0 Å². The summed E-state index contributed by atoms with van der Waals surface area (Å²) in [6.07, 6.45) is 3.58. The van der Waals surface area contributed by atoms with E-state index in [0.717, 1.165) is 51.7 Å². The largest absolute Gasteiger partial charge is 0.379 e. The summed E-state index contributed by atoms with van der Waals surface area (Å²) in [4.78, 5) is 6.88. The number of thiophene rings is 1. The molecule has 0 radical (unpaired) electrons. The third kappa shape index (κ3) is 6.34. The van der Waals surface area contributed by atoms with Crippen molar-refractivity contribution in [1.82, 2.24) is 10.6 Å². The topological polar surface area (TPSA) is 54.9 Å². The lowest BCUT2D eigenvalue weighted by atomic mass is 10.2. The zero-order valence-electron chi connectivity index (χ0n) is 13.6. The number of ether oxygens (including phenoxy) is 2. The molecule has 1 atom stereocenters. The maximum atomic E-state index is 5.64. The lowest BCUT2D eigenvalue weighted by Gasteiger charge is -2.12. The highest BCUT2D eigenvalue weighted by Crippen LogP contribution is 2.14. The summed E-state index contributed by atoms with van der Waals surface area (Å²) in [7, 11) is 1.79. The Bertz CT molecular complexity index is 456. The third-order valence-electron chi connectivity index (χ3n) is 3.54. The molecule has 0 aliphatic carbocycles. The van der Waals surface area contributed by atoms with Gasteiger partial charge >= 0.3 is 0 Å². The Labute approximate surface area is 137 Å². The number of hydrogen-bond acceptors (Lipinski definition) is 4. The van der Waals surface area contributed by atoms with Gasteiger partial charge in [-0.05, 0) is 38.3 Å². The van der Waals surface area contributed by atoms with Crippen LogP contribution in [0.25, 0.3) is 0 Å². The van der Waals surface area contributed by atoms with E-state index in [2.05, 4.69) is 34.7 Å². The highest BCUT2D eigenvalue weighted by Gasteiger charge is 2.14. The van der Waals surface area contributed by atoms with Crippen LogP contribution in [0.1, 0.15) is 29.0 Å². The molecule has 22 heavy (non-hydrogen) atoms. The molecular weight excluding hydrogens is 298 g/mol. The number of hydrogen-bond donors (Lipinski definition) is 2. The van der Waals surface area contributed by atoms with Crippen LogP contribution < -0.4 is 10.6 Å². The molecule has 124 valence electrons. The molecule has 1 aromatic heterocycles. The van der Waals surface area contributed by atoms with E-state index < -0.39 is 0 Å². The van der Waals surface area contributed by atoms with Gasteiger partial charge in [0.05, 0.1) is 19.3 Å². The Morgan fingerprint density at radius 1 is 1.45 bits per heavy atom. The minimum atomic E-state index is 0.316. The van der Waals surface area contributed by atoms with Crippen molar-refractivity contribution in [2.24, 2.45) is 4.99 Å². The molecule has 5 nitrogen and oxygen atoms in total. The SMILES string of the molecule is CN=C(NCCCOCC1CCCO1)NCc1ccc(C)s1. The number of rotatable bonds is 8.